The molecule has 0 aliphatic carbocycles. The normalized spacial score (nSPS) is 12.4. The number of anilines is 1. The molecule has 2 aromatic carbocycles. The molecule has 2 amide bonds. The second-order valence-corrected chi connectivity index (χ2v) is 8.88. The number of amides is 2. The Morgan fingerprint density at radius 2 is 1.64 bits per heavy atom. The first kappa shape index (κ1) is 24.5. The Morgan fingerprint density at radius 3 is 2.24 bits per heavy atom. The highest BCUT2D eigenvalue weighted by Gasteiger charge is 2.20. The lowest BCUT2D eigenvalue weighted by atomic mass is 9.93. The minimum atomic E-state index is -0.493. The number of carbonyl (C=O) groups is 1. The lowest BCUT2D eigenvalue weighted by molar-refractivity contribution is 0.184. The predicted octanol–water partition coefficient (Wildman–Crippen LogP) is 5.17. The fourth-order valence-corrected chi connectivity index (χ4v) is 4.02. The van der Waals surface area contributed by atoms with Crippen LogP contribution in [0.1, 0.15) is 69.4 Å². The molecule has 1 aromatic heterocycles. The lowest BCUT2D eigenvalue weighted by Crippen LogP contribution is -2.37. The van der Waals surface area contributed by atoms with E-state index in [0.29, 0.717) is 29.9 Å². The summed E-state index contributed by atoms with van der Waals surface area (Å²) in [5.74, 6) is 1.02. The van der Waals surface area contributed by atoms with Gasteiger partial charge in [-0.3, -0.25) is 9.36 Å². The van der Waals surface area contributed by atoms with Crippen LogP contribution < -0.4 is 16.2 Å². The van der Waals surface area contributed by atoms with Crippen LogP contribution in [-0.2, 0) is 11.3 Å². The molecule has 0 radical (unpaired) electrons. The number of fused-ring (bicyclic) bond motifs is 1. The number of nitrogens with one attached hydrogen (secondary N) is 2. The molecule has 0 aliphatic heterocycles. The number of hydrogen-bond donors (Lipinski definition) is 2. The van der Waals surface area contributed by atoms with E-state index in [1.165, 1.54) is 0 Å². The number of ether oxygens (including phenoxy) is 1. The summed E-state index contributed by atoms with van der Waals surface area (Å²) in [7, 11) is 1.59. The van der Waals surface area contributed by atoms with E-state index in [9.17, 15) is 9.59 Å². The molecule has 1 atom stereocenters. The van der Waals surface area contributed by atoms with E-state index in [1.54, 1.807) is 17.7 Å². The van der Waals surface area contributed by atoms with Gasteiger partial charge >= 0.3 is 6.03 Å². The van der Waals surface area contributed by atoms with Gasteiger partial charge < -0.3 is 15.4 Å². The number of methoxy groups -OCH3 is 1. The zero-order chi connectivity index (χ0) is 24.1. The van der Waals surface area contributed by atoms with Gasteiger partial charge in [-0.25, -0.2) is 9.78 Å². The van der Waals surface area contributed by atoms with Crippen LogP contribution >= 0.6 is 0 Å². The Balaban J connectivity index is 1.93. The molecule has 3 rings (SSSR count). The molecule has 0 aliphatic rings. The number of carbonyl (C=O) groups excluding carboxylic acids is 1. The van der Waals surface area contributed by atoms with Crippen LogP contribution in [0.4, 0.5) is 10.5 Å². The van der Waals surface area contributed by atoms with Crippen molar-refractivity contribution in [1.29, 1.82) is 0 Å². The number of para-hydroxylation sites is 2. The SMILES string of the molecule is COCCn1c(C(C)NC(=O)Nc2c(C(C)C)cccc2C(C)C)nc2ccccc2c1=O. The van der Waals surface area contributed by atoms with Crippen LogP contribution in [0.5, 0.6) is 0 Å². The number of rotatable bonds is 8. The Bertz CT molecular complexity index is 1160. The molecule has 1 heterocycles. The molecule has 176 valence electrons. The second kappa shape index (κ2) is 10.6. The fraction of sp³-hybridized carbons (Fsp3) is 0.423. The Hall–Kier alpha value is -3.19. The van der Waals surface area contributed by atoms with Crippen molar-refractivity contribution in [3.05, 3.63) is 69.8 Å². The maximum absolute atomic E-state index is 13.1. The summed E-state index contributed by atoms with van der Waals surface area (Å²) in [6, 6.07) is 12.5. The first-order valence-corrected chi connectivity index (χ1v) is 11.4. The molecule has 3 aromatic rings. The van der Waals surface area contributed by atoms with Crippen molar-refractivity contribution in [2.75, 3.05) is 19.0 Å². The van der Waals surface area contributed by atoms with E-state index in [2.05, 4.69) is 38.3 Å². The smallest absolute Gasteiger partial charge is 0.319 e. The fourth-order valence-electron chi connectivity index (χ4n) is 4.02. The average Bonchev–Trinajstić information content (AvgIpc) is 2.78. The summed E-state index contributed by atoms with van der Waals surface area (Å²) >= 11 is 0. The maximum atomic E-state index is 13.1. The van der Waals surface area contributed by atoms with Gasteiger partial charge in [0.25, 0.3) is 5.56 Å². The highest BCUT2D eigenvalue weighted by molar-refractivity contribution is 5.91. The van der Waals surface area contributed by atoms with Gasteiger partial charge in [0.1, 0.15) is 5.82 Å². The van der Waals surface area contributed by atoms with Crippen molar-refractivity contribution in [3.63, 3.8) is 0 Å². The molecule has 33 heavy (non-hydrogen) atoms. The van der Waals surface area contributed by atoms with Gasteiger partial charge in [0.2, 0.25) is 0 Å². The molecule has 7 nitrogen and oxygen atoms in total. The summed E-state index contributed by atoms with van der Waals surface area (Å²) in [5.41, 5.74) is 3.48. The van der Waals surface area contributed by atoms with E-state index in [-0.39, 0.29) is 23.4 Å². The van der Waals surface area contributed by atoms with Gasteiger partial charge in [-0.2, -0.15) is 0 Å². The Morgan fingerprint density at radius 1 is 1.00 bits per heavy atom. The summed E-state index contributed by atoms with van der Waals surface area (Å²) in [6.07, 6.45) is 0. The third-order valence-corrected chi connectivity index (χ3v) is 5.76. The van der Waals surface area contributed by atoms with Gasteiger partial charge in [-0.05, 0) is 42.0 Å². The largest absolute Gasteiger partial charge is 0.383 e. The average molecular weight is 451 g/mol. The Labute approximate surface area is 195 Å². The third-order valence-electron chi connectivity index (χ3n) is 5.76. The summed E-state index contributed by atoms with van der Waals surface area (Å²) < 4.78 is 6.77. The molecule has 2 N–H and O–H groups in total. The third kappa shape index (κ3) is 5.42. The van der Waals surface area contributed by atoms with Crippen LogP contribution in [-0.4, -0.2) is 29.3 Å². The van der Waals surface area contributed by atoms with Crippen LogP contribution in [0.25, 0.3) is 10.9 Å². The van der Waals surface area contributed by atoms with E-state index in [1.807, 2.05) is 43.3 Å². The molecular formula is C26H34N4O3. The predicted molar refractivity (Wildman–Crippen MR) is 133 cm³/mol. The minimum absolute atomic E-state index is 0.144. The Kier molecular flexibility index (Phi) is 7.87. The molecular weight excluding hydrogens is 416 g/mol. The molecule has 0 fully saturated rings. The quantitative estimate of drug-likeness (QED) is 0.496. The van der Waals surface area contributed by atoms with E-state index in [0.717, 1.165) is 16.8 Å². The van der Waals surface area contributed by atoms with Crippen molar-refractivity contribution < 1.29 is 9.53 Å². The van der Waals surface area contributed by atoms with Crippen molar-refractivity contribution in [2.24, 2.45) is 0 Å². The standard InChI is InChI=1S/C26H34N4O3/c1-16(2)19-11-9-12-20(17(3)4)23(19)29-26(32)27-18(5)24-28-22-13-8-7-10-21(22)25(31)30(24)14-15-33-6/h7-13,16-18H,14-15H2,1-6H3,(H2,27,29,32). The topological polar surface area (TPSA) is 85.2 Å². The van der Waals surface area contributed by atoms with Crippen LogP contribution in [0.15, 0.2) is 47.3 Å². The van der Waals surface area contributed by atoms with E-state index < -0.39 is 6.04 Å². The number of urea groups is 1. The zero-order valence-corrected chi connectivity index (χ0v) is 20.3. The van der Waals surface area contributed by atoms with Gasteiger partial charge in [-0.15, -0.1) is 0 Å². The molecule has 0 saturated heterocycles. The summed E-state index contributed by atoms with van der Waals surface area (Å²) in [4.78, 5) is 30.9. The highest BCUT2D eigenvalue weighted by Crippen LogP contribution is 2.32. The van der Waals surface area contributed by atoms with E-state index in [4.69, 9.17) is 9.72 Å². The molecule has 7 heteroatoms. The summed E-state index contributed by atoms with van der Waals surface area (Å²) in [5, 5.41) is 6.58. The van der Waals surface area contributed by atoms with Gasteiger partial charge in [0.05, 0.1) is 30.1 Å². The van der Waals surface area contributed by atoms with Crippen LogP contribution in [0.3, 0.4) is 0 Å². The van der Waals surface area contributed by atoms with Crippen molar-refractivity contribution >= 4 is 22.6 Å². The van der Waals surface area contributed by atoms with Crippen LogP contribution in [0, 0.1) is 0 Å². The van der Waals surface area contributed by atoms with Gasteiger partial charge in [-0.1, -0.05) is 58.0 Å². The van der Waals surface area contributed by atoms with Crippen LogP contribution in [0.2, 0.25) is 0 Å². The maximum Gasteiger partial charge on any atom is 0.319 e. The zero-order valence-electron chi connectivity index (χ0n) is 20.3. The van der Waals surface area contributed by atoms with Gasteiger partial charge in [0, 0.05) is 12.8 Å². The first-order valence-electron chi connectivity index (χ1n) is 11.4. The number of nitrogens with zero attached hydrogens (tertiary/aromatic N) is 2. The van der Waals surface area contributed by atoms with Gasteiger partial charge in [0.15, 0.2) is 0 Å². The monoisotopic (exact) mass is 450 g/mol. The molecule has 0 spiro atoms. The van der Waals surface area contributed by atoms with Crippen molar-refractivity contribution in [3.8, 4) is 0 Å². The molecule has 1 unspecified atom stereocenters. The highest BCUT2D eigenvalue weighted by atomic mass is 16.5. The van der Waals surface area contributed by atoms with E-state index >= 15 is 0 Å². The number of aromatic nitrogens is 2. The van der Waals surface area contributed by atoms with Crippen molar-refractivity contribution in [2.45, 2.75) is 59.0 Å². The number of benzene rings is 2. The lowest BCUT2D eigenvalue weighted by Gasteiger charge is -2.23. The number of hydrogen-bond acceptors (Lipinski definition) is 4. The second-order valence-electron chi connectivity index (χ2n) is 8.88. The summed E-state index contributed by atoms with van der Waals surface area (Å²) in [6.45, 7) is 11.0. The minimum Gasteiger partial charge on any atom is -0.383 e. The molecule has 0 bridgehead atoms. The molecule has 0 saturated carbocycles. The first-order chi connectivity index (χ1) is 15.7. The van der Waals surface area contributed by atoms with Crippen molar-refractivity contribution in [1.82, 2.24) is 14.9 Å².